The van der Waals surface area contributed by atoms with Gasteiger partial charge in [0.2, 0.25) is 0 Å². The molecular formula is C12H15FN2O4. The predicted octanol–water partition coefficient (Wildman–Crippen LogP) is 0.724. The number of rotatable bonds is 6. The van der Waals surface area contributed by atoms with Crippen LogP contribution in [0.1, 0.15) is 5.56 Å². The van der Waals surface area contributed by atoms with Gasteiger partial charge in [-0.3, -0.25) is 0 Å². The van der Waals surface area contributed by atoms with Crippen molar-refractivity contribution in [3.05, 3.63) is 35.6 Å². The summed E-state index contributed by atoms with van der Waals surface area (Å²) in [5.74, 6) is -1.54. The van der Waals surface area contributed by atoms with Crippen molar-refractivity contribution in [2.45, 2.75) is 12.6 Å². The Kier molecular flexibility index (Phi) is 5.74. The van der Waals surface area contributed by atoms with E-state index in [9.17, 15) is 14.0 Å². The Bertz CT molecular complexity index is 453. The van der Waals surface area contributed by atoms with Crippen molar-refractivity contribution in [3.8, 4) is 0 Å². The fourth-order valence-corrected chi connectivity index (χ4v) is 1.35. The standard InChI is InChI=1S/C12H15FN2O4/c1-19-10(11(16)17)7-15-12(18)14-6-8-3-2-4-9(13)5-8/h2-5,10H,6-7H2,1H3,(H,16,17)(H2,14,15,18). The lowest BCUT2D eigenvalue weighted by atomic mass is 10.2. The number of urea groups is 1. The SMILES string of the molecule is COC(CNC(=O)NCc1cccc(F)c1)C(=O)O. The van der Waals surface area contributed by atoms with Crippen LogP contribution in [0.25, 0.3) is 0 Å². The third-order valence-electron chi connectivity index (χ3n) is 2.35. The van der Waals surface area contributed by atoms with Gasteiger partial charge < -0.3 is 20.5 Å². The zero-order chi connectivity index (χ0) is 14.3. The summed E-state index contributed by atoms with van der Waals surface area (Å²) >= 11 is 0. The molecule has 1 rings (SSSR count). The van der Waals surface area contributed by atoms with E-state index in [0.29, 0.717) is 5.56 Å². The van der Waals surface area contributed by atoms with Gasteiger partial charge in [0, 0.05) is 13.7 Å². The molecule has 0 spiro atoms. The van der Waals surface area contributed by atoms with Gasteiger partial charge in [0.05, 0.1) is 6.54 Å². The minimum absolute atomic E-state index is 0.147. The number of carboxylic acid groups (broad SMARTS) is 1. The van der Waals surface area contributed by atoms with Crippen molar-refractivity contribution in [2.24, 2.45) is 0 Å². The third-order valence-corrected chi connectivity index (χ3v) is 2.35. The molecule has 0 saturated carbocycles. The Morgan fingerprint density at radius 3 is 2.74 bits per heavy atom. The van der Waals surface area contributed by atoms with Crippen LogP contribution in [0.2, 0.25) is 0 Å². The van der Waals surface area contributed by atoms with Crippen molar-refractivity contribution >= 4 is 12.0 Å². The van der Waals surface area contributed by atoms with Gasteiger partial charge in [-0.15, -0.1) is 0 Å². The largest absolute Gasteiger partial charge is 0.479 e. The summed E-state index contributed by atoms with van der Waals surface area (Å²) in [6, 6.07) is 5.26. The maximum Gasteiger partial charge on any atom is 0.334 e. The number of hydrogen-bond donors (Lipinski definition) is 3. The molecule has 1 aromatic rings. The second kappa shape index (κ2) is 7.32. The number of methoxy groups -OCH3 is 1. The number of aliphatic carboxylic acids is 1. The fourth-order valence-electron chi connectivity index (χ4n) is 1.35. The van der Waals surface area contributed by atoms with E-state index in [1.807, 2.05) is 0 Å². The van der Waals surface area contributed by atoms with E-state index in [1.54, 1.807) is 6.07 Å². The van der Waals surface area contributed by atoms with E-state index in [2.05, 4.69) is 15.4 Å². The predicted molar refractivity (Wildman–Crippen MR) is 65.1 cm³/mol. The van der Waals surface area contributed by atoms with Crippen LogP contribution in [-0.2, 0) is 16.1 Å². The number of amides is 2. The number of benzene rings is 1. The lowest BCUT2D eigenvalue weighted by Gasteiger charge is -2.12. The lowest BCUT2D eigenvalue weighted by Crippen LogP contribution is -2.42. The average molecular weight is 270 g/mol. The van der Waals surface area contributed by atoms with Gasteiger partial charge in [-0.2, -0.15) is 0 Å². The maximum atomic E-state index is 12.9. The van der Waals surface area contributed by atoms with Crippen LogP contribution in [0.4, 0.5) is 9.18 Å². The van der Waals surface area contributed by atoms with Crippen molar-refractivity contribution in [3.63, 3.8) is 0 Å². The molecular weight excluding hydrogens is 255 g/mol. The summed E-state index contributed by atoms with van der Waals surface area (Å²) in [7, 11) is 1.24. The summed E-state index contributed by atoms with van der Waals surface area (Å²) in [5.41, 5.74) is 0.608. The van der Waals surface area contributed by atoms with Crippen molar-refractivity contribution < 1.29 is 23.8 Å². The van der Waals surface area contributed by atoms with Crippen LogP contribution in [-0.4, -0.2) is 36.9 Å². The topological polar surface area (TPSA) is 87.7 Å². The molecule has 3 N–H and O–H groups in total. The summed E-state index contributed by atoms with van der Waals surface area (Å²) < 4.78 is 17.5. The summed E-state index contributed by atoms with van der Waals surface area (Å²) in [6.07, 6.45) is -1.10. The van der Waals surface area contributed by atoms with Crippen molar-refractivity contribution in [1.82, 2.24) is 10.6 Å². The molecule has 104 valence electrons. The number of carbonyl (C=O) groups is 2. The highest BCUT2D eigenvalue weighted by Gasteiger charge is 2.16. The molecule has 0 aliphatic carbocycles. The van der Waals surface area contributed by atoms with Crippen molar-refractivity contribution in [2.75, 3.05) is 13.7 Å². The van der Waals surface area contributed by atoms with Gasteiger partial charge in [-0.05, 0) is 17.7 Å². The molecule has 0 bridgehead atoms. The zero-order valence-electron chi connectivity index (χ0n) is 10.4. The van der Waals surface area contributed by atoms with E-state index >= 15 is 0 Å². The summed E-state index contributed by atoms with van der Waals surface area (Å²) in [4.78, 5) is 22.0. The number of carbonyl (C=O) groups excluding carboxylic acids is 1. The normalized spacial score (nSPS) is 11.7. The highest BCUT2D eigenvalue weighted by atomic mass is 19.1. The molecule has 0 aromatic heterocycles. The summed E-state index contributed by atoms with van der Waals surface area (Å²) in [6.45, 7) is -0.00483. The van der Waals surface area contributed by atoms with Crippen LogP contribution in [0, 0.1) is 5.82 Å². The Labute approximate surface area is 109 Å². The van der Waals surface area contributed by atoms with E-state index in [-0.39, 0.29) is 18.9 Å². The number of carboxylic acids is 1. The third kappa shape index (κ3) is 5.35. The second-order valence-electron chi connectivity index (χ2n) is 3.76. The van der Waals surface area contributed by atoms with Gasteiger partial charge in [-0.25, -0.2) is 14.0 Å². The van der Waals surface area contributed by atoms with Gasteiger partial charge >= 0.3 is 12.0 Å². The molecule has 6 nitrogen and oxygen atoms in total. The van der Waals surface area contributed by atoms with Crippen molar-refractivity contribution in [1.29, 1.82) is 0 Å². The quantitative estimate of drug-likeness (QED) is 0.711. The van der Waals surface area contributed by atoms with Gasteiger partial charge in [0.25, 0.3) is 0 Å². The zero-order valence-corrected chi connectivity index (χ0v) is 10.4. The first kappa shape index (κ1) is 14.9. The summed E-state index contributed by atoms with van der Waals surface area (Å²) in [5, 5.41) is 13.5. The van der Waals surface area contributed by atoms with Crippen LogP contribution in [0.3, 0.4) is 0 Å². The first-order chi connectivity index (χ1) is 9.02. The van der Waals surface area contributed by atoms with E-state index < -0.39 is 18.1 Å². The van der Waals surface area contributed by atoms with E-state index in [1.165, 1.54) is 25.3 Å². The Morgan fingerprint density at radius 2 is 2.16 bits per heavy atom. The van der Waals surface area contributed by atoms with Crippen LogP contribution >= 0.6 is 0 Å². The molecule has 0 heterocycles. The minimum Gasteiger partial charge on any atom is -0.479 e. The molecule has 1 unspecified atom stereocenters. The van der Waals surface area contributed by atoms with Gasteiger partial charge in [-0.1, -0.05) is 12.1 Å². The maximum absolute atomic E-state index is 12.9. The molecule has 1 aromatic carbocycles. The number of nitrogens with one attached hydrogen (secondary N) is 2. The molecule has 0 aliphatic heterocycles. The second-order valence-corrected chi connectivity index (χ2v) is 3.76. The van der Waals surface area contributed by atoms with Gasteiger partial charge in [0.1, 0.15) is 5.82 Å². The highest BCUT2D eigenvalue weighted by molar-refractivity contribution is 5.76. The van der Waals surface area contributed by atoms with Crippen LogP contribution < -0.4 is 10.6 Å². The molecule has 0 aliphatic rings. The minimum atomic E-state index is -1.16. The highest BCUT2D eigenvalue weighted by Crippen LogP contribution is 2.02. The van der Waals surface area contributed by atoms with E-state index in [0.717, 1.165) is 0 Å². The Morgan fingerprint density at radius 1 is 1.42 bits per heavy atom. The first-order valence-corrected chi connectivity index (χ1v) is 5.54. The Balaban J connectivity index is 2.34. The molecule has 19 heavy (non-hydrogen) atoms. The first-order valence-electron chi connectivity index (χ1n) is 5.54. The molecule has 0 radical (unpaired) electrons. The van der Waals surface area contributed by atoms with Crippen LogP contribution in [0.15, 0.2) is 24.3 Å². The number of halogens is 1. The van der Waals surface area contributed by atoms with Gasteiger partial charge in [0.15, 0.2) is 6.10 Å². The molecule has 0 fully saturated rings. The molecule has 0 saturated heterocycles. The number of ether oxygens (including phenoxy) is 1. The van der Waals surface area contributed by atoms with Crippen LogP contribution in [0.5, 0.6) is 0 Å². The number of hydrogen-bond acceptors (Lipinski definition) is 3. The molecule has 1 atom stereocenters. The lowest BCUT2D eigenvalue weighted by molar-refractivity contribution is -0.147. The van der Waals surface area contributed by atoms with E-state index in [4.69, 9.17) is 5.11 Å². The average Bonchev–Trinajstić information content (AvgIpc) is 2.37. The fraction of sp³-hybridized carbons (Fsp3) is 0.333. The smallest absolute Gasteiger partial charge is 0.334 e. The molecule has 7 heteroatoms. The molecule has 2 amide bonds. The monoisotopic (exact) mass is 270 g/mol. The Hall–Kier alpha value is -2.15.